The molecule has 0 unspecified atom stereocenters. The Hall–Kier alpha value is 1.67. The minimum atomic E-state index is -3.10. The normalized spacial score (nSPS) is 23.4. The molecule has 20 heavy (non-hydrogen) atoms. The van der Waals surface area contributed by atoms with Crippen LogP contribution in [0.4, 0.5) is 0 Å². The molecule has 118 valence electrons. The van der Waals surface area contributed by atoms with E-state index in [2.05, 4.69) is 0 Å². The van der Waals surface area contributed by atoms with Crippen molar-refractivity contribution in [3.8, 4) is 0 Å². The van der Waals surface area contributed by atoms with E-state index in [0.717, 1.165) is 22.2 Å². The van der Waals surface area contributed by atoms with Gasteiger partial charge in [-0.15, -0.1) is 0 Å². The second-order valence-corrected chi connectivity index (χ2v) is 28.8. The molecule has 2 saturated carbocycles. The van der Waals surface area contributed by atoms with Crippen LogP contribution >= 0.6 is 26.8 Å². The molecule has 0 spiro atoms. The van der Waals surface area contributed by atoms with Gasteiger partial charge >= 0.3 is 141 Å². The quantitative estimate of drug-likeness (QED) is 0.379. The van der Waals surface area contributed by atoms with Crippen LogP contribution in [0.15, 0.2) is 0 Å². The molecular formula is C16H29Cl3Sn. The average molecular weight is 446 g/mol. The van der Waals surface area contributed by atoms with Crippen LogP contribution in [0.1, 0.15) is 77.0 Å². The van der Waals surface area contributed by atoms with Crippen molar-refractivity contribution in [2.45, 2.75) is 81.5 Å². The Balaban J connectivity index is 1.88. The Bertz CT molecular complexity index is 247. The first-order valence-corrected chi connectivity index (χ1v) is 21.5. The third-order valence-electron chi connectivity index (χ3n) is 5.51. The molecule has 0 N–H and O–H groups in total. The summed E-state index contributed by atoms with van der Waals surface area (Å²) in [6, 6.07) is 0. The van der Waals surface area contributed by atoms with Crippen molar-refractivity contribution in [3.63, 3.8) is 0 Å². The monoisotopic (exact) mass is 446 g/mol. The van der Waals surface area contributed by atoms with E-state index in [1.54, 1.807) is 0 Å². The molecule has 0 aromatic heterocycles. The molecule has 0 saturated heterocycles. The molecule has 2 aliphatic rings. The van der Waals surface area contributed by atoms with Crippen molar-refractivity contribution in [1.29, 1.82) is 0 Å². The fraction of sp³-hybridized carbons (Fsp3) is 1.00. The van der Waals surface area contributed by atoms with Gasteiger partial charge in [0.1, 0.15) is 0 Å². The van der Waals surface area contributed by atoms with Gasteiger partial charge in [-0.05, 0) is 0 Å². The zero-order valence-corrected chi connectivity index (χ0v) is 17.7. The first kappa shape index (κ1) is 18.0. The van der Waals surface area contributed by atoms with Gasteiger partial charge in [0.15, 0.2) is 0 Å². The molecule has 0 heterocycles. The summed E-state index contributed by atoms with van der Waals surface area (Å²) in [7, 11) is 18.4. The molecule has 2 aliphatic carbocycles. The van der Waals surface area contributed by atoms with Crippen LogP contribution in [0.5, 0.6) is 0 Å². The molecule has 0 bridgehead atoms. The van der Waals surface area contributed by atoms with Crippen LogP contribution in [0.2, 0.25) is 4.44 Å². The van der Waals surface area contributed by atoms with Crippen LogP contribution in [-0.2, 0) is 0 Å². The first-order valence-electron chi connectivity index (χ1n) is 8.63. The van der Waals surface area contributed by atoms with Crippen LogP contribution < -0.4 is 0 Å². The minimum absolute atomic E-state index is 0.926. The Morgan fingerprint density at radius 1 is 0.750 bits per heavy atom. The molecule has 0 nitrogen and oxygen atoms in total. The number of hydrogen-bond donors (Lipinski definition) is 0. The summed E-state index contributed by atoms with van der Waals surface area (Å²) in [5.41, 5.74) is 0. The zero-order chi connectivity index (χ0) is 14.4. The molecular weight excluding hydrogens is 417 g/mol. The standard InChI is InChI=1S/C16H29.3ClH.Sn/c1-2-9-16(14-10-5-3-6-11-14)15-12-7-4-8-13-15;;;;/h14-16H,1-13H2;3*1H;/q;;;;+3/p-3. The van der Waals surface area contributed by atoms with Gasteiger partial charge < -0.3 is 0 Å². The molecule has 0 aromatic rings. The molecule has 0 atom stereocenters. The Morgan fingerprint density at radius 3 is 1.60 bits per heavy atom. The van der Waals surface area contributed by atoms with E-state index in [-0.39, 0.29) is 0 Å². The molecule has 0 radical (unpaired) electrons. The molecule has 2 fully saturated rings. The van der Waals surface area contributed by atoms with Gasteiger partial charge in [0.2, 0.25) is 0 Å². The van der Waals surface area contributed by atoms with E-state index in [9.17, 15) is 0 Å². The summed E-state index contributed by atoms with van der Waals surface area (Å²) in [6.07, 6.45) is 17.1. The van der Waals surface area contributed by atoms with Crippen LogP contribution in [0.25, 0.3) is 0 Å². The van der Waals surface area contributed by atoms with E-state index in [4.69, 9.17) is 26.8 Å². The van der Waals surface area contributed by atoms with E-state index < -0.39 is 15.0 Å². The van der Waals surface area contributed by atoms with Crippen LogP contribution in [0, 0.1) is 17.8 Å². The second-order valence-electron chi connectivity index (χ2n) is 6.97. The maximum absolute atomic E-state index is 6.13. The van der Waals surface area contributed by atoms with E-state index >= 15 is 0 Å². The van der Waals surface area contributed by atoms with E-state index in [1.807, 2.05) is 0 Å². The number of hydrogen-bond acceptors (Lipinski definition) is 0. The molecule has 0 aromatic carbocycles. The third-order valence-corrected chi connectivity index (χ3v) is 11.9. The van der Waals surface area contributed by atoms with E-state index in [0.29, 0.717) is 0 Å². The van der Waals surface area contributed by atoms with Gasteiger partial charge in [0.25, 0.3) is 0 Å². The summed E-state index contributed by atoms with van der Waals surface area (Å²) in [4.78, 5) is 0. The Labute approximate surface area is 140 Å². The fourth-order valence-corrected chi connectivity index (χ4v) is 8.94. The van der Waals surface area contributed by atoms with Gasteiger partial charge in [0.05, 0.1) is 0 Å². The molecule has 0 amide bonds. The van der Waals surface area contributed by atoms with Crippen LogP contribution in [-0.4, -0.2) is 15.0 Å². The molecule has 0 aliphatic heterocycles. The van der Waals surface area contributed by atoms with Crippen molar-refractivity contribution in [3.05, 3.63) is 0 Å². The van der Waals surface area contributed by atoms with Gasteiger partial charge in [-0.1, -0.05) is 0 Å². The number of rotatable bonds is 6. The summed E-state index contributed by atoms with van der Waals surface area (Å²) in [5.74, 6) is 2.91. The fourth-order valence-electron chi connectivity index (χ4n) is 4.52. The summed E-state index contributed by atoms with van der Waals surface area (Å²) >= 11 is -3.10. The zero-order valence-electron chi connectivity index (χ0n) is 12.6. The van der Waals surface area contributed by atoms with Gasteiger partial charge in [-0.2, -0.15) is 0 Å². The summed E-state index contributed by atoms with van der Waals surface area (Å²) in [6.45, 7) is 0. The van der Waals surface area contributed by atoms with Crippen molar-refractivity contribution in [2.24, 2.45) is 17.8 Å². The SMILES string of the molecule is [Cl][Sn]([Cl])([Cl])[CH2]CCC(C1CCCCC1)C1CCCCC1. The van der Waals surface area contributed by atoms with Gasteiger partial charge in [-0.3, -0.25) is 0 Å². The Morgan fingerprint density at radius 2 is 1.20 bits per heavy atom. The Kier molecular flexibility index (Phi) is 8.18. The third kappa shape index (κ3) is 6.42. The predicted molar refractivity (Wildman–Crippen MR) is 94.0 cm³/mol. The van der Waals surface area contributed by atoms with E-state index in [1.165, 1.54) is 77.0 Å². The van der Waals surface area contributed by atoms with Gasteiger partial charge in [-0.25, -0.2) is 0 Å². The molecule has 4 heteroatoms. The predicted octanol–water partition coefficient (Wildman–Crippen LogP) is 7.20. The van der Waals surface area contributed by atoms with Gasteiger partial charge in [0, 0.05) is 0 Å². The van der Waals surface area contributed by atoms with Crippen LogP contribution in [0.3, 0.4) is 0 Å². The number of halogens is 3. The van der Waals surface area contributed by atoms with Crippen molar-refractivity contribution in [1.82, 2.24) is 0 Å². The summed E-state index contributed by atoms with van der Waals surface area (Å²) < 4.78 is 0.926. The first-order chi connectivity index (χ1) is 9.56. The summed E-state index contributed by atoms with van der Waals surface area (Å²) in [5, 5.41) is 0. The topological polar surface area (TPSA) is 0 Å². The van der Waals surface area contributed by atoms with Crippen molar-refractivity contribution < 1.29 is 0 Å². The second kappa shape index (κ2) is 9.08. The molecule has 2 rings (SSSR count). The maximum atomic E-state index is 6.13. The average Bonchev–Trinajstić information content (AvgIpc) is 2.44. The van der Waals surface area contributed by atoms with Crippen molar-refractivity contribution >= 4 is 41.8 Å². The van der Waals surface area contributed by atoms with Crippen molar-refractivity contribution in [2.75, 3.05) is 0 Å².